The Morgan fingerprint density at radius 2 is 1.12 bits per heavy atom. The maximum atomic E-state index is 12.3. The van der Waals surface area contributed by atoms with E-state index in [0.717, 1.165) is 51.4 Å². The summed E-state index contributed by atoms with van der Waals surface area (Å²) in [5.41, 5.74) is 0. The Bertz CT molecular complexity index is 981. The smallest absolute Gasteiger partial charge is 0.462 e. The second kappa shape index (κ2) is 33.2. The molecule has 0 saturated carbocycles. The summed E-state index contributed by atoms with van der Waals surface area (Å²) >= 11 is 0. The fourth-order valence-corrected chi connectivity index (χ4v) is 5.15. The third-order valence-corrected chi connectivity index (χ3v) is 8.06. The van der Waals surface area contributed by atoms with E-state index in [1.54, 1.807) is 12.2 Å². The van der Waals surface area contributed by atoms with E-state index < -0.39 is 32.5 Å². The van der Waals surface area contributed by atoms with Crippen molar-refractivity contribution in [2.75, 3.05) is 13.2 Å². The van der Waals surface area contributed by atoms with E-state index >= 15 is 0 Å². The quantitative estimate of drug-likeness (QED) is 0.0172. The van der Waals surface area contributed by atoms with Crippen LogP contribution in [0.25, 0.3) is 0 Å². The fraction of sp³-hybridized carbons (Fsp3) is 0.711. The number of carbonyl (C=O) groups excluding carboxylic acids is 3. The second-order valence-electron chi connectivity index (χ2n) is 12.2. The van der Waals surface area contributed by atoms with E-state index in [-0.39, 0.29) is 25.2 Å². The molecule has 0 aliphatic carbocycles. The van der Waals surface area contributed by atoms with Crippen LogP contribution < -0.4 is 0 Å². The number of hydrogen-bond acceptors (Lipinski definition) is 7. The number of ketones is 1. The zero-order valence-corrected chi connectivity index (χ0v) is 30.8. The summed E-state index contributed by atoms with van der Waals surface area (Å²) in [6.45, 7) is 3.45. The van der Waals surface area contributed by atoms with E-state index in [9.17, 15) is 18.9 Å². The summed E-state index contributed by atoms with van der Waals surface area (Å²) in [6, 6.07) is 0. The molecule has 2 N–H and O–H groups in total. The maximum Gasteiger partial charge on any atom is 0.469 e. The Hall–Kier alpha value is -2.32. The molecule has 0 aliphatic rings. The van der Waals surface area contributed by atoms with Crippen LogP contribution in [0.5, 0.6) is 0 Å². The predicted octanol–water partition coefficient (Wildman–Crippen LogP) is 9.97. The fourth-order valence-electron chi connectivity index (χ4n) is 4.79. The van der Waals surface area contributed by atoms with Crippen molar-refractivity contribution in [3.05, 3.63) is 48.6 Å². The molecule has 276 valence electrons. The van der Waals surface area contributed by atoms with Crippen molar-refractivity contribution in [1.29, 1.82) is 0 Å². The molecule has 0 unspecified atom stereocenters. The zero-order chi connectivity index (χ0) is 35.6. The number of ether oxygens (including phenoxy) is 2. The molecule has 10 heteroatoms. The number of allylic oxidation sites excluding steroid dienone is 8. The van der Waals surface area contributed by atoms with E-state index in [1.807, 2.05) is 36.5 Å². The monoisotopic (exact) mass is 696 g/mol. The average molecular weight is 697 g/mol. The SMILES string of the molecule is CCCCCCCCCCCCCCC(=O)O[C@H](COC(=O)CCC/C=C\C/C=C\C/C=C\C=C\C(=O)CCCCC)COP(=O)(O)O. The lowest BCUT2D eigenvalue weighted by molar-refractivity contribution is -0.161. The third-order valence-electron chi connectivity index (χ3n) is 7.58. The van der Waals surface area contributed by atoms with Crippen LogP contribution in [0, 0.1) is 0 Å². The van der Waals surface area contributed by atoms with Gasteiger partial charge in [0.1, 0.15) is 6.61 Å². The lowest BCUT2D eigenvalue weighted by Gasteiger charge is -2.18. The van der Waals surface area contributed by atoms with Gasteiger partial charge in [-0.15, -0.1) is 0 Å². The number of rotatable bonds is 33. The van der Waals surface area contributed by atoms with Crippen LogP contribution in [0.15, 0.2) is 48.6 Å². The van der Waals surface area contributed by atoms with Gasteiger partial charge in [0.2, 0.25) is 0 Å². The molecular weight excluding hydrogens is 631 g/mol. The maximum absolute atomic E-state index is 12.3. The second-order valence-corrected chi connectivity index (χ2v) is 13.5. The van der Waals surface area contributed by atoms with Crippen molar-refractivity contribution < 1.29 is 42.7 Å². The Morgan fingerprint density at radius 3 is 1.75 bits per heavy atom. The Labute approximate surface area is 290 Å². The topological polar surface area (TPSA) is 136 Å². The van der Waals surface area contributed by atoms with Gasteiger partial charge >= 0.3 is 19.8 Å². The van der Waals surface area contributed by atoms with Gasteiger partial charge < -0.3 is 19.3 Å². The molecule has 0 aliphatic heterocycles. The van der Waals surface area contributed by atoms with Gasteiger partial charge in [0.25, 0.3) is 0 Å². The first kappa shape index (κ1) is 45.7. The number of hydrogen-bond donors (Lipinski definition) is 2. The first-order valence-electron chi connectivity index (χ1n) is 18.4. The number of phosphoric acid groups is 1. The van der Waals surface area contributed by atoms with Crippen LogP contribution in [-0.4, -0.2) is 46.8 Å². The predicted molar refractivity (Wildman–Crippen MR) is 193 cm³/mol. The van der Waals surface area contributed by atoms with Crippen LogP contribution in [0.1, 0.15) is 155 Å². The molecule has 0 spiro atoms. The molecule has 0 aromatic carbocycles. The molecule has 0 saturated heterocycles. The van der Waals surface area contributed by atoms with Gasteiger partial charge in [-0.05, 0) is 44.6 Å². The van der Waals surface area contributed by atoms with E-state index in [1.165, 1.54) is 51.4 Å². The third kappa shape index (κ3) is 35.0. The first-order valence-corrected chi connectivity index (χ1v) is 19.9. The molecule has 0 aromatic heterocycles. The van der Waals surface area contributed by atoms with E-state index in [4.69, 9.17) is 19.3 Å². The van der Waals surface area contributed by atoms with Crippen LogP contribution in [0.2, 0.25) is 0 Å². The molecule has 0 fully saturated rings. The highest BCUT2D eigenvalue weighted by molar-refractivity contribution is 7.46. The van der Waals surface area contributed by atoms with E-state index in [2.05, 4.69) is 18.4 Å². The Morgan fingerprint density at radius 1 is 0.604 bits per heavy atom. The summed E-state index contributed by atoms with van der Waals surface area (Å²) in [7, 11) is -4.77. The summed E-state index contributed by atoms with van der Waals surface area (Å²) < 4.78 is 26.2. The highest BCUT2D eigenvalue weighted by Crippen LogP contribution is 2.36. The van der Waals surface area contributed by atoms with Crippen molar-refractivity contribution in [1.82, 2.24) is 0 Å². The Kier molecular flexibility index (Phi) is 31.6. The van der Waals surface area contributed by atoms with E-state index in [0.29, 0.717) is 25.7 Å². The molecule has 0 radical (unpaired) electrons. The molecular formula is C38H65O9P. The zero-order valence-electron chi connectivity index (χ0n) is 29.9. The van der Waals surface area contributed by atoms with Crippen molar-refractivity contribution in [3.8, 4) is 0 Å². The highest BCUT2D eigenvalue weighted by Gasteiger charge is 2.22. The molecule has 1 atom stereocenters. The highest BCUT2D eigenvalue weighted by atomic mass is 31.2. The van der Waals surface area contributed by atoms with Gasteiger partial charge in [0.15, 0.2) is 11.9 Å². The van der Waals surface area contributed by atoms with Crippen LogP contribution in [0.3, 0.4) is 0 Å². The normalized spacial score (nSPS) is 12.9. The minimum atomic E-state index is -4.77. The first-order chi connectivity index (χ1) is 23.2. The average Bonchev–Trinajstić information content (AvgIpc) is 3.04. The summed E-state index contributed by atoms with van der Waals surface area (Å²) in [5.74, 6) is -0.820. The standard InChI is InChI=1S/C38H65O9P/c1-3-5-7-8-9-10-11-14-18-21-24-28-32-38(41)47-36(34-46-48(42,43)44)33-45-37(40)31-27-23-20-17-15-12-13-16-19-22-26-30-35(39)29-25-6-4-2/h12-13,17,19-20,22,26,30,36H,3-11,14-16,18,21,23-25,27-29,31-34H2,1-2H3,(H2,42,43,44)/b13-12-,20-17-,22-19-,30-26+/t36-/m1/s1. The minimum absolute atomic E-state index is 0.165. The molecule has 0 amide bonds. The minimum Gasteiger partial charge on any atom is -0.462 e. The molecule has 0 rings (SSSR count). The molecule has 0 heterocycles. The van der Waals surface area contributed by atoms with Crippen molar-refractivity contribution >= 4 is 25.5 Å². The van der Waals surface area contributed by atoms with Crippen molar-refractivity contribution in [2.24, 2.45) is 0 Å². The van der Waals surface area contributed by atoms with Crippen molar-refractivity contribution in [3.63, 3.8) is 0 Å². The molecule has 0 bridgehead atoms. The summed E-state index contributed by atoms with van der Waals surface area (Å²) in [4.78, 5) is 54.3. The van der Waals surface area contributed by atoms with Gasteiger partial charge in [0, 0.05) is 19.3 Å². The van der Waals surface area contributed by atoms with Gasteiger partial charge in [0.05, 0.1) is 6.61 Å². The summed E-state index contributed by atoms with van der Waals surface area (Å²) in [6.07, 6.45) is 35.3. The van der Waals surface area contributed by atoms with Crippen LogP contribution in [-0.2, 0) is 32.9 Å². The number of esters is 2. The Balaban J connectivity index is 4.13. The number of phosphoric ester groups is 1. The lowest BCUT2D eigenvalue weighted by Crippen LogP contribution is -2.29. The van der Waals surface area contributed by atoms with Crippen molar-refractivity contribution in [2.45, 2.75) is 161 Å². The van der Waals surface area contributed by atoms with Gasteiger partial charge in [-0.1, -0.05) is 140 Å². The van der Waals surface area contributed by atoms with Gasteiger partial charge in [-0.25, -0.2) is 4.57 Å². The molecule has 48 heavy (non-hydrogen) atoms. The number of carbonyl (C=O) groups is 3. The van der Waals surface area contributed by atoms with Crippen LogP contribution >= 0.6 is 7.82 Å². The number of unbranched alkanes of at least 4 members (excludes halogenated alkanes) is 14. The van der Waals surface area contributed by atoms with Crippen LogP contribution in [0.4, 0.5) is 0 Å². The largest absolute Gasteiger partial charge is 0.469 e. The van der Waals surface area contributed by atoms with Gasteiger partial charge in [-0.2, -0.15) is 0 Å². The molecule has 9 nitrogen and oxygen atoms in total. The lowest BCUT2D eigenvalue weighted by atomic mass is 10.0. The molecule has 0 aromatic rings. The van der Waals surface area contributed by atoms with Gasteiger partial charge in [-0.3, -0.25) is 18.9 Å². The summed E-state index contributed by atoms with van der Waals surface area (Å²) in [5, 5.41) is 0.